The van der Waals surface area contributed by atoms with Gasteiger partial charge in [0.2, 0.25) is 0 Å². The van der Waals surface area contributed by atoms with Gasteiger partial charge < -0.3 is 5.32 Å². The first kappa shape index (κ1) is 8.49. The van der Waals surface area contributed by atoms with Gasteiger partial charge in [0.05, 0.1) is 0 Å². The molecule has 0 radical (unpaired) electrons. The maximum absolute atomic E-state index is 3.62. The predicted molar refractivity (Wildman–Crippen MR) is 58.6 cm³/mol. The van der Waals surface area contributed by atoms with E-state index in [0.29, 0.717) is 0 Å². The molecule has 0 heterocycles. The summed E-state index contributed by atoms with van der Waals surface area (Å²) >= 11 is 0. The van der Waals surface area contributed by atoms with E-state index in [9.17, 15) is 0 Å². The highest BCUT2D eigenvalue weighted by Gasteiger charge is 2.42. The molecule has 1 heteroatoms. The van der Waals surface area contributed by atoms with Gasteiger partial charge in [0.1, 0.15) is 0 Å². The maximum Gasteiger partial charge on any atom is 0.0142 e. The Bertz CT molecular complexity index is 345. The van der Waals surface area contributed by atoms with Crippen LogP contribution in [0.4, 0.5) is 0 Å². The van der Waals surface area contributed by atoms with Crippen molar-refractivity contribution in [3.63, 3.8) is 0 Å². The van der Waals surface area contributed by atoms with Gasteiger partial charge in [0.25, 0.3) is 0 Å². The lowest BCUT2D eigenvalue weighted by Gasteiger charge is -2.24. The van der Waals surface area contributed by atoms with E-state index in [0.717, 1.165) is 24.4 Å². The fourth-order valence-corrected chi connectivity index (χ4v) is 3.34. The van der Waals surface area contributed by atoms with E-state index in [1.54, 1.807) is 11.1 Å². The van der Waals surface area contributed by atoms with E-state index in [1.807, 2.05) is 0 Å². The van der Waals surface area contributed by atoms with Crippen LogP contribution < -0.4 is 5.32 Å². The van der Waals surface area contributed by atoms with Crippen molar-refractivity contribution in [3.8, 4) is 0 Å². The first-order valence-electron chi connectivity index (χ1n) is 5.72. The van der Waals surface area contributed by atoms with E-state index in [4.69, 9.17) is 0 Å². The Labute approximate surface area is 85.5 Å². The number of benzene rings is 1. The Kier molecular flexibility index (Phi) is 1.88. The molecule has 1 N–H and O–H groups in total. The molecule has 1 nitrogen and oxygen atoms in total. The number of likely N-dealkylation sites (N-methyl/N-ethyl adjacent to an activating group) is 1. The van der Waals surface area contributed by atoms with Crippen molar-refractivity contribution in [3.05, 3.63) is 35.4 Å². The third kappa shape index (κ3) is 1.05. The zero-order valence-electron chi connectivity index (χ0n) is 8.66. The molecule has 0 spiro atoms. The average molecular weight is 187 g/mol. The normalized spacial score (nSPS) is 33.4. The van der Waals surface area contributed by atoms with Crippen molar-refractivity contribution in [2.75, 3.05) is 6.54 Å². The van der Waals surface area contributed by atoms with Gasteiger partial charge in [0.15, 0.2) is 0 Å². The number of fused-ring (bicyclic) bond motifs is 5. The van der Waals surface area contributed by atoms with E-state index in [-0.39, 0.29) is 0 Å². The van der Waals surface area contributed by atoms with Crippen LogP contribution in [-0.2, 0) is 0 Å². The Balaban J connectivity index is 1.94. The molecule has 1 fully saturated rings. The summed E-state index contributed by atoms with van der Waals surface area (Å²) in [6.07, 6.45) is 2.74. The lowest BCUT2D eigenvalue weighted by molar-refractivity contribution is 0.479. The molecule has 3 rings (SSSR count). The summed E-state index contributed by atoms with van der Waals surface area (Å²) in [5.41, 5.74) is 3.25. The monoisotopic (exact) mass is 187 g/mol. The van der Waals surface area contributed by atoms with Gasteiger partial charge in [-0.05, 0) is 36.4 Å². The highest BCUT2D eigenvalue weighted by Crippen LogP contribution is 2.52. The third-order valence-electron chi connectivity index (χ3n) is 3.86. The van der Waals surface area contributed by atoms with Gasteiger partial charge in [-0.1, -0.05) is 31.2 Å². The van der Waals surface area contributed by atoms with Crippen molar-refractivity contribution in [1.29, 1.82) is 0 Å². The van der Waals surface area contributed by atoms with Crippen molar-refractivity contribution >= 4 is 0 Å². The van der Waals surface area contributed by atoms with Crippen LogP contribution in [0.2, 0.25) is 0 Å². The zero-order chi connectivity index (χ0) is 9.54. The third-order valence-corrected chi connectivity index (χ3v) is 3.86. The summed E-state index contributed by atoms with van der Waals surface area (Å²) in [5.74, 6) is 1.65. The summed E-state index contributed by atoms with van der Waals surface area (Å²) in [6, 6.07) is 9.76. The molecule has 0 unspecified atom stereocenters. The minimum atomic E-state index is 0.750. The minimum Gasteiger partial charge on any atom is -0.314 e. The van der Waals surface area contributed by atoms with Crippen LogP contribution in [0.15, 0.2) is 24.3 Å². The van der Waals surface area contributed by atoms with Crippen LogP contribution in [0.5, 0.6) is 0 Å². The average Bonchev–Trinajstić information content (AvgIpc) is 2.77. The van der Waals surface area contributed by atoms with E-state index >= 15 is 0 Å². The van der Waals surface area contributed by atoms with Crippen LogP contribution in [0.3, 0.4) is 0 Å². The Morgan fingerprint density at radius 2 is 2.00 bits per heavy atom. The Morgan fingerprint density at radius 3 is 2.79 bits per heavy atom. The second-order valence-corrected chi connectivity index (χ2v) is 4.57. The Morgan fingerprint density at radius 1 is 1.21 bits per heavy atom. The second-order valence-electron chi connectivity index (χ2n) is 4.57. The number of nitrogens with one attached hydrogen (secondary N) is 1. The van der Waals surface area contributed by atoms with Crippen LogP contribution in [0.1, 0.15) is 42.7 Å². The van der Waals surface area contributed by atoms with Gasteiger partial charge >= 0.3 is 0 Å². The molecule has 0 aromatic heterocycles. The van der Waals surface area contributed by atoms with Gasteiger partial charge in [-0.15, -0.1) is 0 Å². The fourth-order valence-electron chi connectivity index (χ4n) is 3.34. The summed E-state index contributed by atoms with van der Waals surface area (Å²) in [7, 11) is 0. The minimum absolute atomic E-state index is 0.750. The predicted octanol–water partition coefficient (Wildman–Crippen LogP) is 2.64. The van der Waals surface area contributed by atoms with Crippen LogP contribution in [0, 0.1) is 0 Å². The van der Waals surface area contributed by atoms with Crippen molar-refractivity contribution < 1.29 is 0 Å². The van der Waals surface area contributed by atoms with Crippen LogP contribution >= 0.6 is 0 Å². The van der Waals surface area contributed by atoms with Crippen molar-refractivity contribution in [1.82, 2.24) is 5.32 Å². The number of rotatable bonds is 2. The fraction of sp³-hybridized carbons (Fsp3) is 0.538. The molecular weight excluding hydrogens is 170 g/mol. The molecule has 2 bridgehead atoms. The summed E-state index contributed by atoms with van der Waals surface area (Å²) < 4.78 is 0. The van der Waals surface area contributed by atoms with Crippen LogP contribution in [0.25, 0.3) is 0 Å². The molecule has 0 amide bonds. The van der Waals surface area contributed by atoms with Gasteiger partial charge in [-0.3, -0.25) is 0 Å². The number of hydrogen-bond donors (Lipinski definition) is 1. The van der Waals surface area contributed by atoms with E-state index in [1.165, 1.54) is 12.8 Å². The zero-order valence-corrected chi connectivity index (χ0v) is 8.66. The quantitative estimate of drug-likeness (QED) is 0.750. The molecule has 3 atom stereocenters. The molecule has 2 aliphatic carbocycles. The maximum atomic E-state index is 3.62. The largest absolute Gasteiger partial charge is 0.314 e. The molecule has 2 aliphatic rings. The lowest BCUT2D eigenvalue weighted by Crippen LogP contribution is -2.32. The molecule has 14 heavy (non-hydrogen) atoms. The van der Waals surface area contributed by atoms with Crippen LogP contribution in [-0.4, -0.2) is 12.6 Å². The SMILES string of the molecule is CCN[C@H]1C[C@@H]2C[C@H]1c1ccccc12. The molecular formula is C13H17N. The highest BCUT2D eigenvalue weighted by atomic mass is 14.9. The first-order chi connectivity index (χ1) is 6.90. The van der Waals surface area contributed by atoms with Gasteiger partial charge in [-0.2, -0.15) is 0 Å². The smallest absolute Gasteiger partial charge is 0.0142 e. The lowest BCUT2D eigenvalue weighted by atomic mass is 9.88. The van der Waals surface area contributed by atoms with Gasteiger partial charge in [-0.25, -0.2) is 0 Å². The molecule has 1 aromatic rings. The summed E-state index contributed by atoms with van der Waals surface area (Å²) in [6.45, 7) is 3.31. The van der Waals surface area contributed by atoms with Crippen molar-refractivity contribution in [2.45, 2.75) is 37.6 Å². The van der Waals surface area contributed by atoms with Crippen molar-refractivity contribution in [2.24, 2.45) is 0 Å². The summed E-state index contributed by atoms with van der Waals surface area (Å²) in [5, 5.41) is 3.62. The summed E-state index contributed by atoms with van der Waals surface area (Å²) in [4.78, 5) is 0. The number of hydrogen-bond acceptors (Lipinski definition) is 1. The molecule has 0 saturated heterocycles. The standard InChI is InChI=1S/C13H17N/c1-2-14-13-8-9-7-12(13)11-6-4-3-5-10(9)11/h3-6,9,12-14H,2,7-8H2,1H3/t9-,12-,13-/m0/s1. The molecule has 0 aliphatic heterocycles. The molecule has 1 aromatic carbocycles. The highest BCUT2D eigenvalue weighted by molar-refractivity contribution is 5.42. The topological polar surface area (TPSA) is 12.0 Å². The van der Waals surface area contributed by atoms with E-state index in [2.05, 4.69) is 36.5 Å². The first-order valence-corrected chi connectivity index (χ1v) is 5.72. The molecule has 1 saturated carbocycles. The molecule has 74 valence electrons. The Hall–Kier alpha value is -0.820. The van der Waals surface area contributed by atoms with E-state index < -0.39 is 0 Å². The second kappa shape index (κ2) is 3.09. The van der Waals surface area contributed by atoms with Gasteiger partial charge in [0, 0.05) is 12.0 Å².